The predicted molar refractivity (Wildman–Crippen MR) is 62.0 cm³/mol. The molecule has 0 aliphatic carbocycles. The summed E-state index contributed by atoms with van der Waals surface area (Å²) >= 11 is 6.03. The average Bonchev–Trinajstić information content (AvgIpc) is 2.63. The lowest BCUT2D eigenvalue weighted by atomic mass is 10.2. The zero-order valence-electron chi connectivity index (χ0n) is 8.44. The Labute approximate surface area is 93.7 Å². The highest BCUT2D eigenvalue weighted by Gasteiger charge is 1.99. The molecule has 3 nitrogen and oxygen atoms in total. The maximum atomic E-state index is 6.03. The number of nitrogens with one attached hydrogen (secondary N) is 1. The van der Waals surface area contributed by atoms with E-state index >= 15 is 0 Å². The minimum absolute atomic E-state index is 0.691. The first-order chi connectivity index (χ1) is 7.25. The highest BCUT2D eigenvalue weighted by atomic mass is 35.5. The van der Waals surface area contributed by atoms with Crippen LogP contribution in [-0.2, 0) is 13.6 Å². The van der Waals surface area contributed by atoms with Crippen molar-refractivity contribution >= 4 is 17.4 Å². The van der Waals surface area contributed by atoms with E-state index in [-0.39, 0.29) is 0 Å². The molecule has 0 saturated carbocycles. The van der Waals surface area contributed by atoms with Crippen LogP contribution in [0.15, 0.2) is 36.5 Å². The normalized spacial score (nSPS) is 10.3. The Bertz CT molecular complexity index is 451. The van der Waals surface area contributed by atoms with E-state index in [1.54, 1.807) is 4.68 Å². The van der Waals surface area contributed by atoms with Gasteiger partial charge in [-0.15, -0.1) is 0 Å². The van der Waals surface area contributed by atoms with Gasteiger partial charge in [0.2, 0.25) is 0 Å². The molecule has 2 rings (SSSR count). The Hall–Kier alpha value is -1.48. The number of halogens is 1. The van der Waals surface area contributed by atoms with Gasteiger partial charge >= 0.3 is 0 Å². The van der Waals surface area contributed by atoms with Crippen LogP contribution in [0.1, 0.15) is 5.56 Å². The molecule has 1 aromatic heterocycles. The zero-order valence-corrected chi connectivity index (χ0v) is 9.20. The molecule has 2 aromatic rings. The van der Waals surface area contributed by atoms with Gasteiger partial charge in [-0.25, -0.2) is 0 Å². The lowest BCUT2D eigenvalue weighted by Gasteiger charge is -2.04. The molecular weight excluding hydrogens is 210 g/mol. The van der Waals surface area contributed by atoms with Crippen LogP contribution in [0.4, 0.5) is 5.82 Å². The van der Waals surface area contributed by atoms with E-state index in [2.05, 4.69) is 10.4 Å². The summed E-state index contributed by atoms with van der Waals surface area (Å²) in [4.78, 5) is 0. The van der Waals surface area contributed by atoms with E-state index in [0.717, 1.165) is 16.4 Å². The molecule has 1 aromatic carbocycles. The van der Waals surface area contributed by atoms with Crippen LogP contribution in [0.5, 0.6) is 0 Å². The molecule has 1 heterocycles. The van der Waals surface area contributed by atoms with Crippen molar-refractivity contribution in [3.8, 4) is 0 Å². The molecule has 0 saturated heterocycles. The van der Waals surface area contributed by atoms with Gasteiger partial charge in [0.15, 0.2) is 0 Å². The Balaban J connectivity index is 2.02. The molecule has 0 aliphatic heterocycles. The second-order valence-electron chi connectivity index (χ2n) is 3.32. The van der Waals surface area contributed by atoms with Crippen LogP contribution < -0.4 is 5.32 Å². The fourth-order valence-electron chi connectivity index (χ4n) is 1.34. The van der Waals surface area contributed by atoms with Crippen molar-refractivity contribution in [2.24, 2.45) is 7.05 Å². The average molecular weight is 222 g/mol. The van der Waals surface area contributed by atoms with Crippen molar-refractivity contribution in [3.63, 3.8) is 0 Å². The van der Waals surface area contributed by atoms with Gasteiger partial charge in [0.1, 0.15) is 5.82 Å². The first-order valence-corrected chi connectivity index (χ1v) is 5.10. The maximum absolute atomic E-state index is 6.03. The van der Waals surface area contributed by atoms with E-state index in [4.69, 9.17) is 11.6 Å². The lowest BCUT2D eigenvalue weighted by molar-refractivity contribution is 0.768. The molecular formula is C11H12ClN3. The minimum Gasteiger partial charge on any atom is -0.364 e. The topological polar surface area (TPSA) is 29.9 Å². The number of hydrogen-bond donors (Lipinski definition) is 1. The summed E-state index contributed by atoms with van der Waals surface area (Å²) in [5.74, 6) is 0.859. The van der Waals surface area contributed by atoms with Crippen molar-refractivity contribution in [1.82, 2.24) is 9.78 Å². The summed E-state index contributed by atoms with van der Waals surface area (Å²) in [7, 11) is 1.89. The van der Waals surface area contributed by atoms with Gasteiger partial charge < -0.3 is 5.32 Å². The SMILES string of the molecule is Cn1ccc(NCc2ccccc2Cl)n1. The molecule has 78 valence electrons. The summed E-state index contributed by atoms with van der Waals surface area (Å²) < 4.78 is 1.76. The molecule has 1 N–H and O–H groups in total. The molecule has 4 heteroatoms. The van der Waals surface area contributed by atoms with Gasteiger partial charge in [-0.05, 0) is 11.6 Å². The highest BCUT2D eigenvalue weighted by Crippen LogP contribution is 2.16. The molecule has 0 radical (unpaired) electrons. The summed E-state index contributed by atoms with van der Waals surface area (Å²) in [6, 6.07) is 9.71. The predicted octanol–water partition coefficient (Wildman–Crippen LogP) is 2.69. The van der Waals surface area contributed by atoms with Crippen LogP contribution in [0.3, 0.4) is 0 Å². The smallest absolute Gasteiger partial charge is 0.148 e. The third-order valence-electron chi connectivity index (χ3n) is 2.13. The third kappa shape index (κ3) is 2.50. The van der Waals surface area contributed by atoms with E-state index in [1.807, 2.05) is 43.6 Å². The second-order valence-corrected chi connectivity index (χ2v) is 3.73. The Kier molecular flexibility index (Phi) is 2.92. The molecule has 0 bridgehead atoms. The molecule has 0 atom stereocenters. The fraction of sp³-hybridized carbons (Fsp3) is 0.182. The van der Waals surface area contributed by atoms with Gasteiger partial charge in [-0.3, -0.25) is 4.68 Å². The monoisotopic (exact) mass is 221 g/mol. The molecule has 0 amide bonds. The number of rotatable bonds is 3. The van der Waals surface area contributed by atoms with Gasteiger partial charge in [0.05, 0.1) is 0 Å². The molecule has 0 fully saturated rings. The standard InChI is InChI=1S/C11H12ClN3/c1-15-7-6-11(14-15)13-8-9-4-2-3-5-10(9)12/h2-7H,8H2,1H3,(H,13,14). The van der Waals surface area contributed by atoms with Gasteiger partial charge in [0, 0.05) is 30.9 Å². The summed E-state index contributed by atoms with van der Waals surface area (Å²) in [5, 5.41) is 8.20. The van der Waals surface area contributed by atoms with E-state index in [9.17, 15) is 0 Å². The first-order valence-electron chi connectivity index (χ1n) is 4.72. The number of aromatic nitrogens is 2. The van der Waals surface area contributed by atoms with E-state index < -0.39 is 0 Å². The van der Waals surface area contributed by atoms with Gasteiger partial charge in [-0.1, -0.05) is 29.8 Å². The number of aryl methyl sites for hydroxylation is 1. The first kappa shape index (κ1) is 10.1. The van der Waals surface area contributed by atoms with Crippen molar-refractivity contribution in [2.45, 2.75) is 6.54 Å². The number of anilines is 1. The molecule has 0 unspecified atom stereocenters. The summed E-state index contributed by atoms with van der Waals surface area (Å²) in [6.45, 7) is 0.691. The fourth-order valence-corrected chi connectivity index (χ4v) is 1.54. The maximum Gasteiger partial charge on any atom is 0.148 e. The minimum atomic E-state index is 0.691. The van der Waals surface area contributed by atoms with Crippen molar-refractivity contribution in [2.75, 3.05) is 5.32 Å². The Morgan fingerprint density at radius 1 is 1.33 bits per heavy atom. The summed E-state index contributed by atoms with van der Waals surface area (Å²) in [6.07, 6.45) is 1.90. The second kappa shape index (κ2) is 4.36. The number of hydrogen-bond acceptors (Lipinski definition) is 2. The summed E-state index contributed by atoms with van der Waals surface area (Å²) in [5.41, 5.74) is 1.07. The Morgan fingerprint density at radius 3 is 2.80 bits per heavy atom. The molecule has 0 spiro atoms. The quantitative estimate of drug-likeness (QED) is 0.864. The van der Waals surface area contributed by atoms with E-state index in [1.165, 1.54) is 0 Å². The number of nitrogens with zero attached hydrogens (tertiary/aromatic N) is 2. The van der Waals surface area contributed by atoms with Crippen LogP contribution in [-0.4, -0.2) is 9.78 Å². The van der Waals surface area contributed by atoms with Crippen molar-refractivity contribution in [3.05, 3.63) is 47.1 Å². The van der Waals surface area contributed by atoms with Gasteiger partial charge in [0.25, 0.3) is 0 Å². The Morgan fingerprint density at radius 2 is 2.13 bits per heavy atom. The highest BCUT2D eigenvalue weighted by molar-refractivity contribution is 6.31. The van der Waals surface area contributed by atoms with Crippen molar-refractivity contribution < 1.29 is 0 Å². The van der Waals surface area contributed by atoms with E-state index in [0.29, 0.717) is 6.54 Å². The van der Waals surface area contributed by atoms with Crippen LogP contribution in [0, 0.1) is 0 Å². The molecule has 15 heavy (non-hydrogen) atoms. The van der Waals surface area contributed by atoms with Crippen LogP contribution in [0.25, 0.3) is 0 Å². The largest absolute Gasteiger partial charge is 0.364 e. The van der Waals surface area contributed by atoms with Gasteiger partial charge in [-0.2, -0.15) is 5.10 Å². The third-order valence-corrected chi connectivity index (χ3v) is 2.50. The van der Waals surface area contributed by atoms with Crippen molar-refractivity contribution in [1.29, 1.82) is 0 Å². The lowest BCUT2D eigenvalue weighted by Crippen LogP contribution is -2.01. The van der Waals surface area contributed by atoms with Crippen LogP contribution in [0.2, 0.25) is 5.02 Å². The molecule has 0 aliphatic rings. The number of benzene rings is 1. The zero-order chi connectivity index (χ0) is 10.7. The van der Waals surface area contributed by atoms with Crippen LogP contribution >= 0.6 is 11.6 Å².